The zero-order chi connectivity index (χ0) is 12.4. The van der Waals surface area contributed by atoms with Crippen LogP contribution in [0, 0.1) is 0 Å². The second kappa shape index (κ2) is 4.96. The van der Waals surface area contributed by atoms with Crippen molar-refractivity contribution in [1.82, 2.24) is 4.98 Å². The zero-order valence-corrected chi connectivity index (χ0v) is 11.5. The predicted molar refractivity (Wildman–Crippen MR) is 77.8 cm³/mol. The minimum Gasteiger partial charge on any atom is -0.497 e. The van der Waals surface area contributed by atoms with Crippen LogP contribution < -0.4 is 10.1 Å². The van der Waals surface area contributed by atoms with E-state index in [4.69, 9.17) is 4.74 Å². The molecule has 0 aliphatic carbocycles. The van der Waals surface area contributed by atoms with Gasteiger partial charge in [-0.3, -0.25) is 0 Å². The first-order chi connectivity index (χ1) is 8.85. The smallest absolute Gasteiger partial charge is 0.184 e. The summed E-state index contributed by atoms with van der Waals surface area (Å²) in [6.45, 7) is 0.828. The molecule has 0 saturated heterocycles. The highest BCUT2D eigenvalue weighted by Gasteiger charge is 2.04. The Morgan fingerprint density at radius 2 is 2.28 bits per heavy atom. The van der Waals surface area contributed by atoms with Crippen LogP contribution in [0.15, 0.2) is 35.7 Å². The molecular formula is C13H12N2OS2. The Morgan fingerprint density at radius 3 is 3.06 bits per heavy atom. The number of thiophene rings is 1. The van der Waals surface area contributed by atoms with E-state index in [9.17, 15) is 0 Å². The molecule has 0 saturated carbocycles. The van der Waals surface area contributed by atoms with E-state index in [1.165, 1.54) is 4.88 Å². The molecule has 2 heterocycles. The Morgan fingerprint density at radius 1 is 1.33 bits per heavy atom. The summed E-state index contributed by atoms with van der Waals surface area (Å²) in [5.41, 5.74) is 1.01. The highest BCUT2D eigenvalue weighted by Crippen LogP contribution is 2.29. The van der Waals surface area contributed by atoms with Crippen LogP contribution >= 0.6 is 22.7 Å². The van der Waals surface area contributed by atoms with E-state index in [1.807, 2.05) is 18.2 Å². The number of hydrogen-bond donors (Lipinski definition) is 1. The van der Waals surface area contributed by atoms with Gasteiger partial charge in [0.2, 0.25) is 0 Å². The molecule has 3 nitrogen and oxygen atoms in total. The first-order valence-electron chi connectivity index (χ1n) is 5.56. The summed E-state index contributed by atoms with van der Waals surface area (Å²) in [7, 11) is 1.68. The first-order valence-corrected chi connectivity index (χ1v) is 7.25. The average molecular weight is 276 g/mol. The Kier molecular flexibility index (Phi) is 3.17. The molecule has 2 aromatic heterocycles. The van der Waals surface area contributed by atoms with Crippen molar-refractivity contribution in [3.8, 4) is 5.75 Å². The third kappa shape index (κ3) is 2.32. The standard InChI is InChI=1S/C13H12N2OS2/c1-16-9-4-5-11-12(7-9)18-13(15-11)14-8-10-3-2-6-17-10/h2-7H,8H2,1H3,(H,14,15). The maximum absolute atomic E-state index is 5.21. The van der Waals surface area contributed by atoms with Crippen molar-refractivity contribution in [2.75, 3.05) is 12.4 Å². The van der Waals surface area contributed by atoms with Crippen molar-refractivity contribution >= 4 is 38.0 Å². The SMILES string of the molecule is COc1ccc2nc(NCc3cccs3)sc2c1. The molecule has 0 spiro atoms. The summed E-state index contributed by atoms with van der Waals surface area (Å²) in [6, 6.07) is 10.1. The van der Waals surface area contributed by atoms with E-state index in [0.29, 0.717) is 0 Å². The summed E-state index contributed by atoms with van der Waals surface area (Å²) in [5.74, 6) is 0.871. The van der Waals surface area contributed by atoms with Gasteiger partial charge in [-0.1, -0.05) is 17.4 Å². The summed E-state index contributed by atoms with van der Waals surface area (Å²) in [6.07, 6.45) is 0. The van der Waals surface area contributed by atoms with Gasteiger partial charge >= 0.3 is 0 Å². The van der Waals surface area contributed by atoms with Crippen LogP contribution in [-0.4, -0.2) is 12.1 Å². The van der Waals surface area contributed by atoms with Gasteiger partial charge in [0.05, 0.1) is 23.9 Å². The van der Waals surface area contributed by atoms with Crippen molar-refractivity contribution in [2.45, 2.75) is 6.54 Å². The van der Waals surface area contributed by atoms with Crippen molar-refractivity contribution in [3.05, 3.63) is 40.6 Å². The first kappa shape index (κ1) is 11.5. The Hall–Kier alpha value is -1.59. The number of nitrogens with one attached hydrogen (secondary N) is 1. The fraction of sp³-hybridized carbons (Fsp3) is 0.154. The Bertz CT molecular complexity index is 646. The van der Waals surface area contributed by atoms with Crippen LogP contribution in [0.2, 0.25) is 0 Å². The van der Waals surface area contributed by atoms with Gasteiger partial charge in [0.25, 0.3) is 0 Å². The molecule has 1 aromatic carbocycles. The highest BCUT2D eigenvalue weighted by atomic mass is 32.1. The minimum atomic E-state index is 0.828. The average Bonchev–Trinajstić information content (AvgIpc) is 3.04. The van der Waals surface area contributed by atoms with E-state index < -0.39 is 0 Å². The van der Waals surface area contributed by atoms with E-state index in [-0.39, 0.29) is 0 Å². The molecule has 0 bridgehead atoms. The molecule has 0 aliphatic rings. The number of methoxy groups -OCH3 is 1. The van der Waals surface area contributed by atoms with Crippen LogP contribution in [0.25, 0.3) is 10.2 Å². The van der Waals surface area contributed by atoms with E-state index in [0.717, 1.165) is 27.6 Å². The molecule has 3 aromatic rings. The fourth-order valence-electron chi connectivity index (χ4n) is 1.68. The van der Waals surface area contributed by atoms with Gasteiger partial charge in [-0.05, 0) is 29.6 Å². The number of anilines is 1. The van der Waals surface area contributed by atoms with Gasteiger partial charge in [-0.15, -0.1) is 11.3 Å². The number of fused-ring (bicyclic) bond motifs is 1. The molecule has 3 rings (SSSR count). The van der Waals surface area contributed by atoms with Crippen LogP contribution in [0.4, 0.5) is 5.13 Å². The van der Waals surface area contributed by atoms with Crippen molar-refractivity contribution in [3.63, 3.8) is 0 Å². The molecular weight excluding hydrogens is 264 g/mol. The Balaban J connectivity index is 1.80. The van der Waals surface area contributed by atoms with Gasteiger partial charge in [0, 0.05) is 4.88 Å². The molecule has 0 aliphatic heterocycles. The van der Waals surface area contributed by atoms with Gasteiger partial charge in [-0.25, -0.2) is 4.98 Å². The molecule has 1 N–H and O–H groups in total. The number of thiazole rings is 1. The van der Waals surface area contributed by atoms with Gasteiger partial charge in [0.1, 0.15) is 5.75 Å². The monoisotopic (exact) mass is 276 g/mol. The van der Waals surface area contributed by atoms with Crippen LogP contribution in [0.1, 0.15) is 4.88 Å². The molecule has 0 amide bonds. The normalized spacial score (nSPS) is 10.7. The van der Waals surface area contributed by atoms with E-state index >= 15 is 0 Å². The van der Waals surface area contributed by atoms with Gasteiger partial charge < -0.3 is 10.1 Å². The molecule has 92 valence electrons. The maximum Gasteiger partial charge on any atom is 0.184 e. The summed E-state index contributed by atoms with van der Waals surface area (Å²) < 4.78 is 6.35. The largest absolute Gasteiger partial charge is 0.497 e. The quantitative estimate of drug-likeness (QED) is 0.782. The Labute approximate surface area is 113 Å². The maximum atomic E-state index is 5.21. The van der Waals surface area contributed by atoms with Crippen LogP contribution in [-0.2, 0) is 6.54 Å². The molecule has 0 unspecified atom stereocenters. The lowest BCUT2D eigenvalue weighted by molar-refractivity contribution is 0.415. The van der Waals surface area contributed by atoms with Crippen molar-refractivity contribution in [2.24, 2.45) is 0 Å². The number of benzene rings is 1. The summed E-state index contributed by atoms with van der Waals surface area (Å²) >= 11 is 3.40. The van der Waals surface area contributed by atoms with E-state index in [1.54, 1.807) is 29.8 Å². The molecule has 0 atom stereocenters. The lowest BCUT2D eigenvalue weighted by Gasteiger charge is -1.97. The number of aromatic nitrogens is 1. The number of ether oxygens (including phenoxy) is 1. The third-order valence-electron chi connectivity index (χ3n) is 2.59. The molecule has 0 fully saturated rings. The highest BCUT2D eigenvalue weighted by molar-refractivity contribution is 7.22. The topological polar surface area (TPSA) is 34.1 Å². The predicted octanol–water partition coefficient (Wildman–Crippen LogP) is 3.98. The lowest BCUT2D eigenvalue weighted by Crippen LogP contribution is -1.95. The zero-order valence-electron chi connectivity index (χ0n) is 9.84. The van der Waals surface area contributed by atoms with Gasteiger partial charge in [-0.2, -0.15) is 0 Å². The second-order valence-corrected chi connectivity index (χ2v) is 5.85. The number of rotatable bonds is 4. The van der Waals surface area contributed by atoms with Crippen molar-refractivity contribution in [1.29, 1.82) is 0 Å². The number of nitrogens with zero attached hydrogens (tertiary/aromatic N) is 1. The summed E-state index contributed by atoms with van der Waals surface area (Å²) in [5, 5.41) is 6.39. The molecule has 0 radical (unpaired) electrons. The molecule has 18 heavy (non-hydrogen) atoms. The number of hydrogen-bond acceptors (Lipinski definition) is 5. The minimum absolute atomic E-state index is 0.828. The third-order valence-corrected chi connectivity index (χ3v) is 4.44. The second-order valence-electron chi connectivity index (χ2n) is 3.79. The van der Waals surface area contributed by atoms with E-state index in [2.05, 4.69) is 27.8 Å². The van der Waals surface area contributed by atoms with Gasteiger partial charge in [0.15, 0.2) is 5.13 Å². The van der Waals surface area contributed by atoms with Crippen LogP contribution in [0.5, 0.6) is 5.75 Å². The lowest BCUT2D eigenvalue weighted by atomic mass is 10.3. The fourth-order valence-corrected chi connectivity index (χ4v) is 3.22. The summed E-state index contributed by atoms with van der Waals surface area (Å²) in [4.78, 5) is 5.86. The van der Waals surface area contributed by atoms with Crippen LogP contribution in [0.3, 0.4) is 0 Å². The van der Waals surface area contributed by atoms with Crippen molar-refractivity contribution < 1.29 is 4.74 Å². The molecule has 5 heteroatoms.